The first kappa shape index (κ1) is 13.9. The molecule has 0 aromatic heterocycles. The molecule has 2 heteroatoms. The van der Waals surface area contributed by atoms with Crippen LogP contribution in [0.15, 0.2) is 0 Å². The Morgan fingerprint density at radius 2 is 1.86 bits per heavy atom. The van der Waals surface area contributed by atoms with Crippen molar-refractivity contribution in [1.29, 1.82) is 0 Å². The van der Waals surface area contributed by atoms with Gasteiger partial charge >= 0.3 is 0 Å². The molecular formula is C12H28N2. The van der Waals surface area contributed by atoms with Gasteiger partial charge in [-0.05, 0) is 53.8 Å². The van der Waals surface area contributed by atoms with Crippen LogP contribution in [0.1, 0.15) is 47.0 Å². The van der Waals surface area contributed by atoms with Crippen molar-refractivity contribution >= 4 is 0 Å². The average molecular weight is 200 g/mol. The molecule has 86 valence electrons. The molecule has 14 heavy (non-hydrogen) atoms. The molecule has 0 amide bonds. The molecule has 0 heterocycles. The summed E-state index contributed by atoms with van der Waals surface area (Å²) in [5.74, 6) is 0. The number of nitrogens with one attached hydrogen (secondary N) is 1. The number of nitrogens with zero attached hydrogens (tertiary/aromatic N) is 1. The Kier molecular flexibility index (Phi) is 6.38. The van der Waals surface area contributed by atoms with E-state index in [1.54, 1.807) is 0 Å². The lowest BCUT2D eigenvalue weighted by atomic mass is 9.91. The number of hydrogen-bond acceptors (Lipinski definition) is 2. The fourth-order valence-corrected chi connectivity index (χ4v) is 1.60. The van der Waals surface area contributed by atoms with Crippen LogP contribution in [0.25, 0.3) is 0 Å². The van der Waals surface area contributed by atoms with E-state index in [0.717, 1.165) is 6.54 Å². The lowest BCUT2D eigenvalue weighted by molar-refractivity contribution is 0.246. The third kappa shape index (κ3) is 4.97. The molecule has 0 radical (unpaired) electrons. The monoisotopic (exact) mass is 200 g/mol. The molecule has 0 rings (SSSR count). The van der Waals surface area contributed by atoms with Gasteiger partial charge in [-0.1, -0.05) is 13.8 Å². The van der Waals surface area contributed by atoms with Gasteiger partial charge < -0.3 is 10.2 Å². The molecule has 0 bridgehead atoms. The van der Waals surface area contributed by atoms with Crippen LogP contribution in [0, 0.1) is 0 Å². The van der Waals surface area contributed by atoms with Crippen LogP contribution in [-0.2, 0) is 0 Å². The Morgan fingerprint density at radius 1 is 1.29 bits per heavy atom. The summed E-state index contributed by atoms with van der Waals surface area (Å²) < 4.78 is 0. The molecule has 0 aliphatic heterocycles. The molecule has 0 saturated heterocycles. The van der Waals surface area contributed by atoms with Crippen LogP contribution in [0.2, 0.25) is 0 Å². The molecule has 2 unspecified atom stereocenters. The summed E-state index contributed by atoms with van der Waals surface area (Å²) in [5.41, 5.74) is 0.332. The fraction of sp³-hybridized carbons (Fsp3) is 1.00. The van der Waals surface area contributed by atoms with Crippen LogP contribution in [-0.4, -0.2) is 37.1 Å². The van der Waals surface area contributed by atoms with E-state index in [1.807, 2.05) is 0 Å². The van der Waals surface area contributed by atoms with E-state index in [4.69, 9.17) is 0 Å². The second-order valence-electron chi connectivity index (χ2n) is 4.80. The summed E-state index contributed by atoms with van der Waals surface area (Å²) in [6.45, 7) is 10.1. The SMILES string of the molecule is CCNC(C)(CC)CCC(C)N(C)C. The summed E-state index contributed by atoms with van der Waals surface area (Å²) in [6.07, 6.45) is 3.74. The van der Waals surface area contributed by atoms with E-state index in [0.29, 0.717) is 11.6 Å². The lowest BCUT2D eigenvalue weighted by Crippen LogP contribution is -2.42. The van der Waals surface area contributed by atoms with Gasteiger partial charge in [-0.2, -0.15) is 0 Å². The van der Waals surface area contributed by atoms with Crippen molar-refractivity contribution in [2.24, 2.45) is 0 Å². The quantitative estimate of drug-likeness (QED) is 0.679. The summed E-state index contributed by atoms with van der Waals surface area (Å²) in [7, 11) is 4.31. The maximum atomic E-state index is 3.58. The van der Waals surface area contributed by atoms with Crippen molar-refractivity contribution in [2.75, 3.05) is 20.6 Å². The summed E-state index contributed by atoms with van der Waals surface area (Å²) in [5, 5.41) is 3.58. The van der Waals surface area contributed by atoms with E-state index in [2.05, 4.69) is 52.0 Å². The highest BCUT2D eigenvalue weighted by molar-refractivity contribution is 4.82. The average Bonchev–Trinajstić information content (AvgIpc) is 2.14. The highest BCUT2D eigenvalue weighted by Gasteiger charge is 2.21. The summed E-state index contributed by atoms with van der Waals surface area (Å²) >= 11 is 0. The third-order valence-electron chi connectivity index (χ3n) is 3.38. The second-order valence-corrected chi connectivity index (χ2v) is 4.80. The highest BCUT2D eigenvalue weighted by Crippen LogP contribution is 2.18. The number of hydrogen-bond donors (Lipinski definition) is 1. The zero-order valence-electron chi connectivity index (χ0n) is 10.9. The van der Waals surface area contributed by atoms with Gasteiger partial charge in [0.25, 0.3) is 0 Å². The maximum absolute atomic E-state index is 3.58. The minimum atomic E-state index is 0.332. The molecule has 1 N–H and O–H groups in total. The van der Waals surface area contributed by atoms with Gasteiger partial charge in [0.05, 0.1) is 0 Å². The fourth-order valence-electron chi connectivity index (χ4n) is 1.60. The minimum Gasteiger partial charge on any atom is -0.312 e. The Labute approximate surface area is 90.1 Å². The van der Waals surface area contributed by atoms with Crippen LogP contribution < -0.4 is 5.32 Å². The van der Waals surface area contributed by atoms with Gasteiger partial charge in [0.15, 0.2) is 0 Å². The van der Waals surface area contributed by atoms with Crippen molar-refractivity contribution in [3.05, 3.63) is 0 Å². The van der Waals surface area contributed by atoms with Gasteiger partial charge in [0, 0.05) is 11.6 Å². The molecule has 0 saturated carbocycles. The van der Waals surface area contributed by atoms with Crippen molar-refractivity contribution < 1.29 is 0 Å². The standard InChI is InChI=1S/C12H28N2/c1-7-12(4,13-8-2)10-9-11(3)14(5)6/h11,13H,7-10H2,1-6H3. The van der Waals surface area contributed by atoms with Crippen LogP contribution in [0.5, 0.6) is 0 Å². The van der Waals surface area contributed by atoms with Gasteiger partial charge in [-0.15, -0.1) is 0 Å². The smallest absolute Gasteiger partial charge is 0.0151 e. The van der Waals surface area contributed by atoms with Gasteiger partial charge in [0.1, 0.15) is 0 Å². The van der Waals surface area contributed by atoms with Gasteiger partial charge in [-0.25, -0.2) is 0 Å². The van der Waals surface area contributed by atoms with E-state index >= 15 is 0 Å². The molecule has 0 fully saturated rings. The molecule has 2 atom stereocenters. The molecule has 0 aliphatic carbocycles. The zero-order valence-corrected chi connectivity index (χ0v) is 10.9. The third-order valence-corrected chi connectivity index (χ3v) is 3.38. The molecular weight excluding hydrogens is 172 g/mol. The Morgan fingerprint density at radius 3 is 2.21 bits per heavy atom. The Bertz CT molecular complexity index is 145. The maximum Gasteiger partial charge on any atom is 0.0151 e. The second kappa shape index (κ2) is 6.41. The lowest BCUT2D eigenvalue weighted by Gasteiger charge is -2.31. The first-order valence-electron chi connectivity index (χ1n) is 5.86. The first-order valence-corrected chi connectivity index (χ1v) is 5.86. The Hall–Kier alpha value is -0.0800. The molecule has 0 aliphatic rings. The van der Waals surface area contributed by atoms with Crippen molar-refractivity contribution in [2.45, 2.75) is 58.5 Å². The predicted molar refractivity (Wildman–Crippen MR) is 64.8 cm³/mol. The van der Waals surface area contributed by atoms with Crippen LogP contribution >= 0.6 is 0 Å². The molecule has 0 aromatic rings. The van der Waals surface area contributed by atoms with Crippen molar-refractivity contribution in [3.63, 3.8) is 0 Å². The van der Waals surface area contributed by atoms with Crippen molar-refractivity contribution in [3.8, 4) is 0 Å². The minimum absolute atomic E-state index is 0.332. The topological polar surface area (TPSA) is 15.3 Å². The van der Waals surface area contributed by atoms with E-state index in [9.17, 15) is 0 Å². The van der Waals surface area contributed by atoms with Crippen LogP contribution in [0.4, 0.5) is 0 Å². The van der Waals surface area contributed by atoms with E-state index in [-0.39, 0.29) is 0 Å². The van der Waals surface area contributed by atoms with Crippen LogP contribution in [0.3, 0.4) is 0 Å². The largest absolute Gasteiger partial charge is 0.312 e. The van der Waals surface area contributed by atoms with Gasteiger partial charge in [-0.3, -0.25) is 0 Å². The molecule has 2 nitrogen and oxygen atoms in total. The molecule has 0 aromatic carbocycles. The van der Waals surface area contributed by atoms with E-state index in [1.165, 1.54) is 19.3 Å². The van der Waals surface area contributed by atoms with E-state index < -0.39 is 0 Å². The van der Waals surface area contributed by atoms with Crippen molar-refractivity contribution in [1.82, 2.24) is 10.2 Å². The Balaban J connectivity index is 3.94. The normalized spacial score (nSPS) is 18.2. The predicted octanol–water partition coefficient (Wildman–Crippen LogP) is 2.49. The highest BCUT2D eigenvalue weighted by atomic mass is 15.1. The summed E-state index contributed by atoms with van der Waals surface area (Å²) in [4.78, 5) is 2.29. The molecule has 0 spiro atoms. The zero-order chi connectivity index (χ0) is 11.2. The first-order chi connectivity index (χ1) is 6.45. The summed E-state index contributed by atoms with van der Waals surface area (Å²) in [6, 6.07) is 0.680. The van der Waals surface area contributed by atoms with Gasteiger partial charge in [0.2, 0.25) is 0 Å². The number of rotatable bonds is 7.